The van der Waals surface area contributed by atoms with E-state index in [0.717, 1.165) is 13.0 Å². The molecule has 0 saturated carbocycles. The highest BCUT2D eigenvalue weighted by molar-refractivity contribution is 5.59. The zero-order chi connectivity index (χ0) is 14.4. The van der Waals surface area contributed by atoms with Crippen LogP contribution in [0.25, 0.3) is 0 Å². The van der Waals surface area contributed by atoms with Gasteiger partial charge in [0.15, 0.2) is 0 Å². The summed E-state index contributed by atoms with van der Waals surface area (Å²) in [5, 5.41) is 13.8. The number of hydrogen-bond acceptors (Lipinski definition) is 6. The van der Waals surface area contributed by atoms with Crippen LogP contribution >= 0.6 is 0 Å². The van der Waals surface area contributed by atoms with Crippen LogP contribution in [0.5, 0.6) is 0 Å². The van der Waals surface area contributed by atoms with Gasteiger partial charge < -0.3 is 16.0 Å². The number of nitrogens with two attached hydrogens (primary N) is 1. The fourth-order valence-corrected chi connectivity index (χ4v) is 1.54. The summed E-state index contributed by atoms with van der Waals surface area (Å²) in [5.74, 6) is 0.504. The van der Waals surface area contributed by atoms with Crippen molar-refractivity contribution in [1.29, 1.82) is 0 Å². The fraction of sp³-hybridized carbons (Fsp3) is 0.583. The molecule has 0 amide bonds. The number of aromatic nitrogens is 1. The molecule has 1 aromatic heterocycles. The predicted molar refractivity (Wildman–Crippen MR) is 76.2 cm³/mol. The predicted octanol–water partition coefficient (Wildman–Crippen LogP) is 1.71. The van der Waals surface area contributed by atoms with Crippen LogP contribution in [0, 0.1) is 10.1 Å². The summed E-state index contributed by atoms with van der Waals surface area (Å²) < 4.78 is 0. The average molecular weight is 267 g/mol. The maximum Gasteiger partial charge on any atom is 0.311 e. The normalized spacial score (nSPS) is 11.0. The van der Waals surface area contributed by atoms with Gasteiger partial charge in [0.1, 0.15) is 5.82 Å². The lowest BCUT2D eigenvalue weighted by Gasteiger charge is -2.20. The molecule has 0 spiro atoms. The Morgan fingerprint density at radius 1 is 1.53 bits per heavy atom. The van der Waals surface area contributed by atoms with E-state index >= 15 is 0 Å². The van der Waals surface area contributed by atoms with Crippen LogP contribution in [-0.4, -0.2) is 41.0 Å². The van der Waals surface area contributed by atoms with Crippen molar-refractivity contribution in [2.45, 2.75) is 26.3 Å². The SMILES string of the molecule is CC(C)N(C)CCCNc1nc(N)ccc1[N+](=O)[O-]. The van der Waals surface area contributed by atoms with Crippen LogP contribution in [0.1, 0.15) is 20.3 Å². The second-order valence-electron chi connectivity index (χ2n) is 4.72. The van der Waals surface area contributed by atoms with Crippen molar-refractivity contribution in [2.75, 3.05) is 31.2 Å². The Morgan fingerprint density at radius 2 is 2.21 bits per heavy atom. The Balaban J connectivity index is 2.53. The maximum absolute atomic E-state index is 10.8. The van der Waals surface area contributed by atoms with Gasteiger partial charge in [0, 0.05) is 18.7 Å². The van der Waals surface area contributed by atoms with E-state index in [1.807, 2.05) is 7.05 Å². The second-order valence-corrected chi connectivity index (χ2v) is 4.72. The van der Waals surface area contributed by atoms with Gasteiger partial charge in [-0.05, 0) is 39.9 Å². The lowest BCUT2D eigenvalue weighted by atomic mass is 10.3. The number of pyridine rings is 1. The quantitative estimate of drug-likeness (QED) is 0.443. The summed E-state index contributed by atoms with van der Waals surface area (Å²) in [6, 6.07) is 3.28. The smallest absolute Gasteiger partial charge is 0.311 e. The van der Waals surface area contributed by atoms with Gasteiger partial charge in [0.2, 0.25) is 5.82 Å². The number of nitrogen functional groups attached to an aromatic ring is 1. The average Bonchev–Trinajstić information content (AvgIpc) is 2.33. The molecule has 0 aliphatic carbocycles. The summed E-state index contributed by atoms with van der Waals surface area (Å²) in [5.41, 5.74) is 5.49. The summed E-state index contributed by atoms with van der Waals surface area (Å²) in [6.45, 7) is 5.78. The van der Waals surface area contributed by atoms with E-state index in [1.165, 1.54) is 12.1 Å². The molecule has 0 fully saturated rings. The van der Waals surface area contributed by atoms with Crippen LogP contribution in [0.4, 0.5) is 17.3 Å². The number of nitrogens with one attached hydrogen (secondary N) is 1. The third kappa shape index (κ3) is 4.70. The van der Waals surface area contributed by atoms with Crippen molar-refractivity contribution >= 4 is 17.3 Å². The van der Waals surface area contributed by atoms with E-state index in [9.17, 15) is 10.1 Å². The molecule has 3 N–H and O–H groups in total. The Labute approximate surface area is 113 Å². The molecule has 7 nitrogen and oxygen atoms in total. The van der Waals surface area contributed by atoms with Gasteiger partial charge in [-0.3, -0.25) is 10.1 Å². The number of nitro groups is 1. The van der Waals surface area contributed by atoms with E-state index < -0.39 is 4.92 Å². The first kappa shape index (κ1) is 15.2. The maximum atomic E-state index is 10.8. The minimum atomic E-state index is -0.463. The van der Waals surface area contributed by atoms with Gasteiger partial charge in [-0.25, -0.2) is 4.98 Å². The Kier molecular flexibility index (Phi) is 5.50. The Bertz CT molecular complexity index is 436. The zero-order valence-corrected chi connectivity index (χ0v) is 11.6. The molecule has 0 saturated heterocycles. The van der Waals surface area contributed by atoms with E-state index in [-0.39, 0.29) is 17.3 Å². The summed E-state index contributed by atoms with van der Waals surface area (Å²) in [7, 11) is 2.05. The largest absolute Gasteiger partial charge is 0.384 e. The van der Waals surface area contributed by atoms with Gasteiger partial charge in [0.05, 0.1) is 4.92 Å². The summed E-state index contributed by atoms with van der Waals surface area (Å²) in [4.78, 5) is 16.5. The van der Waals surface area contributed by atoms with Crippen molar-refractivity contribution in [3.63, 3.8) is 0 Å². The lowest BCUT2D eigenvalue weighted by molar-refractivity contribution is -0.384. The van der Waals surface area contributed by atoms with E-state index in [2.05, 4.69) is 29.0 Å². The van der Waals surface area contributed by atoms with Gasteiger partial charge in [-0.2, -0.15) is 0 Å². The van der Waals surface area contributed by atoms with Gasteiger partial charge in [-0.1, -0.05) is 0 Å². The highest BCUT2D eigenvalue weighted by Gasteiger charge is 2.14. The van der Waals surface area contributed by atoms with Crippen LogP contribution in [0.3, 0.4) is 0 Å². The van der Waals surface area contributed by atoms with Gasteiger partial charge >= 0.3 is 5.69 Å². The molecule has 1 heterocycles. The van der Waals surface area contributed by atoms with Crippen molar-refractivity contribution in [1.82, 2.24) is 9.88 Å². The molecule has 0 atom stereocenters. The van der Waals surface area contributed by atoms with Crippen molar-refractivity contribution in [3.8, 4) is 0 Å². The Hall–Kier alpha value is -1.89. The highest BCUT2D eigenvalue weighted by atomic mass is 16.6. The summed E-state index contributed by atoms with van der Waals surface area (Å²) in [6.07, 6.45) is 0.877. The standard InChI is InChI=1S/C12H21N5O2/c1-9(2)16(3)8-4-7-14-12-10(17(18)19)5-6-11(13)15-12/h5-6,9H,4,7-8H2,1-3H3,(H3,13,14,15). The Morgan fingerprint density at radius 3 is 2.79 bits per heavy atom. The van der Waals surface area contributed by atoms with Gasteiger partial charge in [0.25, 0.3) is 0 Å². The van der Waals surface area contributed by atoms with Crippen molar-refractivity contribution < 1.29 is 4.92 Å². The van der Waals surface area contributed by atoms with Crippen LogP contribution in [0.15, 0.2) is 12.1 Å². The molecule has 106 valence electrons. The molecule has 0 radical (unpaired) electrons. The van der Waals surface area contributed by atoms with Gasteiger partial charge in [-0.15, -0.1) is 0 Å². The monoisotopic (exact) mass is 267 g/mol. The third-order valence-electron chi connectivity index (χ3n) is 2.95. The van der Waals surface area contributed by atoms with E-state index in [0.29, 0.717) is 12.6 Å². The molecule has 0 aliphatic rings. The summed E-state index contributed by atoms with van der Waals surface area (Å²) >= 11 is 0. The molecular formula is C12H21N5O2. The molecule has 0 aliphatic heterocycles. The number of anilines is 2. The molecular weight excluding hydrogens is 246 g/mol. The van der Waals surface area contributed by atoms with E-state index in [1.54, 1.807) is 0 Å². The molecule has 0 bridgehead atoms. The highest BCUT2D eigenvalue weighted by Crippen LogP contribution is 2.22. The van der Waals surface area contributed by atoms with E-state index in [4.69, 9.17) is 5.73 Å². The zero-order valence-electron chi connectivity index (χ0n) is 11.6. The molecule has 19 heavy (non-hydrogen) atoms. The van der Waals surface area contributed by atoms with Crippen LogP contribution < -0.4 is 11.1 Å². The molecule has 0 aromatic carbocycles. The molecule has 1 rings (SSSR count). The first-order valence-corrected chi connectivity index (χ1v) is 6.27. The molecule has 0 unspecified atom stereocenters. The number of rotatable bonds is 7. The topological polar surface area (TPSA) is 97.3 Å². The third-order valence-corrected chi connectivity index (χ3v) is 2.95. The van der Waals surface area contributed by atoms with Crippen LogP contribution in [0.2, 0.25) is 0 Å². The fourth-order valence-electron chi connectivity index (χ4n) is 1.54. The second kappa shape index (κ2) is 6.89. The lowest BCUT2D eigenvalue weighted by Crippen LogP contribution is -2.28. The first-order valence-electron chi connectivity index (χ1n) is 6.27. The minimum absolute atomic E-state index is 0.0496. The number of hydrogen-bond donors (Lipinski definition) is 2. The molecule has 1 aromatic rings. The van der Waals surface area contributed by atoms with Crippen LogP contribution in [-0.2, 0) is 0 Å². The first-order chi connectivity index (χ1) is 8.91. The van der Waals surface area contributed by atoms with Crippen molar-refractivity contribution in [3.05, 3.63) is 22.2 Å². The molecule has 7 heteroatoms. The van der Waals surface area contributed by atoms with Crippen molar-refractivity contribution in [2.24, 2.45) is 0 Å². The minimum Gasteiger partial charge on any atom is -0.384 e. The number of nitrogens with zero attached hydrogens (tertiary/aromatic N) is 3.